The molecule has 6 N–H and O–H groups in total. The smallest absolute Gasteiger partial charge is 0.267 e. The number of carbonyl (C=O) groups excluding carboxylic acids is 3. The molecule has 0 unspecified atom stereocenters. The molecule has 0 saturated carbocycles. The molecular weight excluding hydrogens is 932 g/mol. The molecule has 9 rings (SSSR count). The topological polar surface area (TPSA) is 216 Å². The fourth-order valence-corrected chi connectivity index (χ4v) is 8.06. The van der Waals surface area contributed by atoms with E-state index >= 15 is 0 Å². The van der Waals surface area contributed by atoms with E-state index in [1.165, 1.54) is 24.6 Å². The van der Waals surface area contributed by atoms with Crippen molar-refractivity contribution in [1.29, 1.82) is 0 Å². The van der Waals surface area contributed by atoms with E-state index in [2.05, 4.69) is 72.8 Å². The van der Waals surface area contributed by atoms with Gasteiger partial charge in [0.15, 0.2) is 0 Å². The number of rotatable bonds is 17. The van der Waals surface area contributed by atoms with Crippen LogP contribution in [0.3, 0.4) is 0 Å². The molecule has 1 fully saturated rings. The standard InChI is InChI=1S/C25H22N4O.C17H22N4O.C16H17FN4O/c26-24(30)23-16-22(21-14-8-3-9-15-21)27-25(28-23)29(17-19-10-4-1-5-11-19)18-20-12-6-2-7-13-20;1-3-5-11-21(4-2)17-19-14(12-15(20-17)16(18)22)13-9-7-6-8-10-13;17-12-6-4-5-11(9-12)13-10-14(15(18)22)20-16(19-13)21-7-2-1-3-8-21/h1-16H,17-18H2,(H2,26,30);6-10,12H,3-5,11H2,1-2H3,(H2,18,22);4-6,9-10H,1-3,7-8H2,(H2,18,22). The number of hydrogen-bond acceptors (Lipinski definition) is 12. The van der Waals surface area contributed by atoms with Gasteiger partial charge >= 0.3 is 0 Å². The lowest BCUT2D eigenvalue weighted by molar-refractivity contribution is 0.0987. The Kier molecular flexibility index (Phi) is 18.9. The van der Waals surface area contributed by atoms with E-state index in [9.17, 15) is 18.8 Å². The molecule has 15 nitrogen and oxygen atoms in total. The van der Waals surface area contributed by atoms with Gasteiger partial charge in [-0.15, -0.1) is 0 Å². The summed E-state index contributed by atoms with van der Waals surface area (Å²) in [6.07, 6.45) is 5.47. The van der Waals surface area contributed by atoms with E-state index in [0.29, 0.717) is 53.6 Å². The first kappa shape index (κ1) is 52.9. The lowest BCUT2D eigenvalue weighted by Gasteiger charge is -2.27. The highest BCUT2D eigenvalue weighted by atomic mass is 19.1. The number of primary amides is 3. The fourth-order valence-electron chi connectivity index (χ4n) is 8.06. The number of halogens is 1. The Morgan fingerprint density at radius 1 is 0.500 bits per heavy atom. The van der Waals surface area contributed by atoms with E-state index < -0.39 is 17.7 Å². The van der Waals surface area contributed by atoms with Gasteiger partial charge in [0, 0.05) is 56.0 Å². The summed E-state index contributed by atoms with van der Waals surface area (Å²) in [5.74, 6) is -0.559. The van der Waals surface area contributed by atoms with Gasteiger partial charge in [-0.05, 0) is 74.1 Å². The maximum absolute atomic E-state index is 13.4. The fraction of sp³-hybridized carbons (Fsp3) is 0.224. The number of unbranched alkanes of at least 4 members (excludes halogenated alkanes) is 1. The number of amides is 3. The molecule has 0 atom stereocenters. The van der Waals surface area contributed by atoms with Gasteiger partial charge < -0.3 is 31.9 Å². The second kappa shape index (κ2) is 26.5. The van der Waals surface area contributed by atoms with Crippen LogP contribution in [-0.2, 0) is 13.1 Å². The van der Waals surface area contributed by atoms with Crippen LogP contribution in [0.1, 0.15) is 88.5 Å². The summed E-state index contributed by atoms with van der Waals surface area (Å²) < 4.78 is 13.4. The first-order valence-electron chi connectivity index (χ1n) is 24.7. The Labute approximate surface area is 431 Å². The van der Waals surface area contributed by atoms with Crippen LogP contribution < -0.4 is 31.9 Å². The lowest BCUT2D eigenvalue weighted by atomic mass is 10.1. The van der Waals surface area contributed by atoms with Crippen LogP contribution in [0, 0.1) is 5.82 Å². The van der Waals surface area contributed by atoms with Crippen LogP contribution in [0.2, 0.25) is 0 Å². The first-order valence-corrected chi connectivity index (χ1v) is 24.7. The zero-order chi connectivity index (χ0) is 52.2. The van der Waals surface area contributed by atoms with Crippen molar-refractivity contribution in [2.24, 2.45) is 17.2 Å². The molecular formula is C58H61FN12O3. The molecule has 3 aromatic heterocycles. The maximum Gasteiger partial charge on any atom is 0.267 e. The summed E-state index contributed by atoms with van der Waals surface area (Å²) in [5, 5.41) is 0. The molecule has 1 saturated heterocycles. The summed E-state index contributed by atoms with van der Waals surface area (Å²) in [5.41, 5.74) is 23.6. The Morgan fingerprint density at radius 3 is 1.38 bits per heavy atom. The van der Waals surface area contributed by atoms with Gasteiger partial charge in [-0.3, -0.25) is 14.4 Å². The molecule has 4 heterocycles. The van der Waals surface area contributed by atoms with E-state index in [0.717, 1.165) is 74.1 Å². The van der Waals surface area contributed by atoms with Gasteiger partial charge in [-0.2, -0.15) is 0 Å². The second-order valence-corrected chi connectivity index (χ2v) is 17.5. The highest BCUT2D eigenvalue weighted by Gasteiger charge is 2.20. The normalized spacial score (nSPS) is 11.8. The van der Waals surface area contributed by atoms with Crippen molar-refractivity contribution < 1.29 is 18.8 Å². The highest BCUT2D eigenvalue weighted by molar-refractivity contribution is 5.93. The van der Waals surface area contributed by atoms with E-state index in [-0.39, 0.29) is 22.9 Å². The summed E-state index contributed by atoms with van der Waals surface area (Å²) in [7, 11) is 0. The van der Waals surface area contributed by atoms with Crippen molar-refractivity contribution in [2.45, 2.75) is 59.0 Å². The van der Waals surface area contributed by atoms with E-state index in [4.69, 9.17) is 22.2 Å². The highest BCUT2D eigenvalue weighted by Crippen LogP contribution is 2.26. The van der Waals surface area contributed by atoms with Crippen LogP contribution >= 0.6 is 0 Å². The Hall–Kier alpha value is -8.92. The Morgan fingerprint density at radius 2 is 0.932 bits per heavy atom. The molecule has 378 valence electrons. The molecule has 3 amide bonds. The third-order valence-corrected chi connectivity index (χ3v) is 12.0. The number of carbonyl (C=O) groups is 3. The minimum absolute atomic E-state index is 0.148. The lowest BCUT2D eigenvalue weighted by Crippen LogP contribution is -2.31. The van der Waals surface area contributed by atoms with Gasteiger partial charge in [-0.1, -0.05) is 147 Å². The number of nitrogens with zero attached hydrogens (tertiary/aromatic N) is 9. The van der Waals surface area contributed by atoms with E-state index in [1.54, 1.807) is 24.3 Å². The third-order valence-electron chi connectivity index (χ3n) is 12.0. The van der Waals surface area contributed by atoms with Gasteiger partial charge in [0.05, 0.1) is 17.1 Å². The molecule has 8 aromatic rings. The quantitative estimate of drug-likeness (QED) is 0.0777. The SMILES string of the molecule is CCCCN(CC)c1nc(C(N)=O)cc(-c2ccccc2)n1.NC(=O)c1cc(-c2cccc(F)c2)nc(N2CCCCC2)n1.NC(=O)c1cc(-c2ccccc2)nc(N(Cc2ccccc2)Cc2ccccc2)n1. The van der Waals surface area contributed by atoms with Gasteiger partial charge in [-0.25, -0.2) is 34.3 Å². The molecule has 16 heteroatoms. The number of piperidine rings is 1. The summed E-state index contributed by atoms with van der Waals surface area (Å²) >= 11 is 0. The molecule has 5 aromatic carbocycles. The van der Waals surface area contributed by atoms with Crippen molar-refractivity contribution in [2.75, 3.05) is 40.9 Å². The molecule has 1 aliphatic heterocycles. The zero-order valence-electron chi connectivity index (χ0n) is 41.7. The number of benzene rings is 5. The molecule has 0 spiro atoms. The average Bonchev–Trinajstić information content (AvgIpc) is 3.44. The minimum Gasteiger partial charge on any atom is -0.364 e. The first-order chi connectivity index (χ1) is 36.0. The zero-order valence-corrected chi connectivity index (χ0v) is 41.7. The number of nitrogens with two attached hydrogens (primary N) is 3. The molecule has 0 radical (unpaired) electrons. The summed E-state index contributed by atoms with van der Waals surface area (Å²) in [6, 6.07) is 50.6. The molecule has 1 aliphatic rings. The summed E-state index contributed by atoms with van der Waals surface area (Å²) in [6.45, 7) is 8.76. The Balaban J connectivity index is 0.000000165. The second-order valence-electron chi connectivity index (χ2n) is 17.5. The van der Waals surface area contributed by atoms with Crippen LogP contribution in [0.25, 0.3) is 33.8 Å². The van der Waals surface area contributed by atoms with Crippen LogP contribution in [-0.4, -0.2) is 73.8 Å². The Bertz CT molecular complexity index is 3050. The number of anilines is 3. The van der Waals surface area contributed by atoms with Crippen molar-refractivity contribution in [3.8, 4) is 33.8 Å². The van der Waals surface area contributed by atoms with Gasteiger partial charge in [0.25, 0.3) is 17.7 Å². The monoisotopic (exact) mass is 992 g/mol. The van der Waals surface area contributed by atoms with Crippen LogP contribution in [0.4, 0.5) is 22.2 Å². The predicted octanol–water partition coefficient (Wildman–Crippen LogP) is 9.69. The van der Waals surface area contributed by atoms with Crippen molar-refractivity contribution in [1.82, 2.24) is 29.9 Å². The summed E-state index contributed by atoms with van der Waals surface area (Å²) in [4.78, 5) is 68.2. The van der Waals surface area contributed by atoms with Crippen LogP contribution in [0.15, 0.2) is 164 Å². The minimum atomic E-state index is -0.613. The van der Waals surface area contributed by atoms with Crippen molar-refractivity contribution in [3.63, 3.8) is 0 Å². The van der Waals surface area contributed by atoms with Gasteiger partial charge in [0.2, 0.25) is 17.8 Å². The molecule has 74 heavy (non-hydrogen) atoms. The molecule has 0 aliphatic carbocycles. The van der Waals surface area contributed by atoms with Gasteiger partial charge in [0.1, 0.15) is 22.9 Å². The number of hydrogen-bond donors (Lipinski definition) is 3. The van der Waals surface area contributed by atoms with Crippen LogP contribution in [0.5, 0.6) is 0 Å². The average molecular weight is 993 g/mol. The largest absolute Gasteiger partial charge is 0.364 e. The van der Waals surface area contributed by atoms with Crippen molar-refractivity contribution in [3.05, 3.63) is 198 Å². The predicted molar refractivity (Wildman–Crippen MR) is 290 cm³/mol. The van der Waals surface area contributed by atoms with Crippen molar-refractivity contribution >= 4 is 35.6 Å². The maximum atomic E-state index is 13.4. The number of aromatic nitrogens is 6. The van der Waals surface area contributed by atoms with E-state index in [1.807, 2.05) is 102 Å². The molecule has 0 bridgehead atoms. The third kappa shape index (κ3) is 15.1.